The van der Waals surface area contributed by atoms with Gasteiger partial charge in [-0.25, -0.2) is 0 Å². The van der Waals surface area contributed by atoms with Crippen molar-refractivity contribution < 1.29 is 4.74 Å². The van der Waals surface area contributed by atoms with Crippen LogP contribution in [0.3, 0.4) is 0 Å². The molecule has 2 aromatic rings. The van der Waals surface area contributed by atoms with Crippen LogP contribution in [-0.2, 0) is 11.3 Å². The van der Waals surface area contributed by atoms with Crippen molar-refractivity contribution in [3.63, 3.8) is 0 Å². The van der Waals surface area contributed by atoms with Crippen LogP contribution in [0.25, 0.3) is 0 Å². The molecule has 1 heterocycles. The summed E-state index contributed by atoms with van der Waals surface area (Å²) in [5.41, 5.74) is 6.91. The molecule has 17 heavy (non-hydrogen) atoms. The molecule has 0 fully saturated rings. The molecular formula is C13H14BrNOS. The minimum atomic E-state index is -0.0218. The molecule has 0 bridgehead atoms. The van der Waals surface area contributed by atoms with Crippen molar-refractivity contribution in [2.24, 2.45) is 5.73 Å². The van der Waals surface area contributed by atoms with Gasteiger partial charge in [-0.15, -0.1) is 11.3 Å². The summed E-state index contributed by atoms with van der Waals surface area (Å²) in [4.78, 5) is 1.16. The summed E-state index contributed by atoms with van der Waals surface area (Å²) in [6, 6.07) is 14.2. The molecule has 0 radical (unpaired) electrons. The Hall–Kier alpha value is -0.680. The highest BCUT2D eigenvalue weighted by Gasteiger charge is 2.12. The van der Waals surface area contributed by atoms with E-state index >= 15 is 0 Å². The van der Waals surface area contributed by atoms with E-state index in [2.05, 4.69) is 34.1 Å². The maximum absolute atomic E-state index is 5.84. The molecule has 0 aliphatic carbocycles. The number of nitrogens with two attached hydrogens (primary N) is 1. The molecule has 0 spiro atoms. The summed E-state index contributed by atoms with van der Waals surface area (Å²) in [5.74, 6) is 0. The fraction of sp³-hybridized carbons (Fsp3) is 0.231. The molecular weight excluding hydrogens is 298 g/mol. The molecule has 1 atom stereocenters. The number of ether oxygens (including phenoxy) is 1. The summed E-state index contributed by atoms with van der Waals surface area (Å²) in [5, 5.41) is 0. The van der Waals surface area contributed by atoms with E-state index < -0.39 is 0 Å². The Morgan fingerprint density at radius 3 is 2.53 bits per heavy atom. The molecule has 90 valence electrons. The molecule has 0 saturated carbocycles. The van der Waals surface area contributed by atoms with E-state index in [1.165, 1.54) is 5.56 Å². The number of benzene rings is 1. The summed E-state index contributed by atoms with van der Waals surface area (Å²) in [6.07, 6.45) is -0.0218. The lowest BCUT2D eigenvalue weighted by Gasteiger charge is -2.14. The predicted octanol–water partition coefficient (Wildman–Crippen LogP) is 3.73. The number of rotatable bonds is 5. The Bertz CT molecular complexity index is 457. The highest BCUT2D eigenvalue weighted by Crippen LogP contribution is 2.29. The lowest BCUT2D eigenvalue weighted by Crippen LogP contribution is -2.14. The summed E-state index contributed by atoms with van der Waals surface area (Å²) < 4.78 is 6.95. The van der Waals surface area contributed by atoms with Crippen molar-refractivity contribution in [3.05, 3.63) is 56.7 Å². The maximum atomic E-state index is 5.84. The Labute approximate surface area is 114 Å². The largest absolute Gasteiger partial charge is 0.367 e. The van der Waals surface area contributed by atoms with Gasteiger partial charge in [-0.2, -0.15) is 0 Å². The van der Waals surface area contributed by atoms with Crippen LogP contribution in [0.4, 0.5) is 0 Å². The summed E-state index contributed by atoms with van der Waals surface area (Å²) in [7, 11) is 0. The number of thiophene rings is 1. The first kappa shape index (κ1) is 12.8. The highest BCUT2D eigenvalue weighted by molar-refractivity contribution is 9.11. The van der Waals surface area contributed by atoms with Crippen molar-refractivity contribution in [2.75, 3.05) is 6.54 Å². The van der Waals surface area contributed by atoms with Gasteiger partial charge in [0.15, 0.2) is 0 Å². The highest BCUT2D eigenvalue weighted by atomic mass is 79.9. The first-order valence-corrected chi connectivity index (χ1v) is 7.01. The van der Waals surface area contributed by atoms with Gasteiger partial charge in [-0.1, -0.05) is 30.3 Å². The second kappa shape index (κ2) is 6.31. The van der Waals surface area contributed by atoms with Crippen LogP contribution >= 0.6 is 27.3 Å². The van der Waals surface area contributed by atoms with Crippen molar-refractivity contribution in [1.29, 1.82) is 0 Å². The molecule has 1 aromatic heterocycles. The topological polar surface area (TPSA) is 35.2 Å². The van der Waals surface area contributed by atoms with Crippen LogP contribution in [0.15, 0.2) is 46.3 Å². The van der Waals surface area contributed by atoms with Crippen molar-refractivity contribution in [3.8, 4) is 0 Å². The second-order valence-corrected chi connectivity index (χ2v) is 6.16. The zero-order chi connectivity index (χ0) is 12.1. The number of halogens is 1. The second-order valence-electron chi connectivity index (χ2n) is 3.66. The standard InChI is InChI=1S/C13H14BrNOS/c14-13-7-6-12(17-13)11(8-15)16-9-10-4-2-1-3-5-10/h1-7,11H,8-9,15H2. The van der Waals surface area contributed by atoms with E-state index in [1.54, 1.807) is 11.3 Å². The smallest absolute Gasteiger partial charge is 0.104 e. The molecule has 1 aromatic carbocycles. The Morgan fingerprint density at radius 2 is 1.94 bits per heavy atom. The number of hydrogen-bond donors (Lipinski definition) is 1. The summed E-state index contributed by atoms with van der Waals surface area (Å²) >= 11 is 5.12. The maximum Gasteiger partial charge on any atom is 0.104 e. The van der Waals surface area contributed by atoms with Gasteiger partial charge in [0.2, 0.25) is 0 Å². The third-order valence-corrected chi connectivity index (χ3v) is 4.14. The molecule has 4 heteroatoms. The predicted molar refractivity (Wildman–Crippen MR) is 75.0 cm³/mol. The lowest BCUT2D eigenvalue weighted by molar-refractivity contribution is 0.0480. The first-order chi connectivity index (χ1) is 8.29. The molecule has 0 saturated heterocycles. The SMILES string of the molecule is NCC(OCc1ccccc1)c1ccc(Br)s1. The van der Waals surface area contributed by atoms with Gasteiger partial charge in [0.1, 0.15) is 6.10 Å². The molecule has 0 aliphatic heterocycles. The fourth-order valence-electron chi connectivity index (χ4n) is 1.54. The van der Waals surface area contributed by atoms with Gasteiger partial charge in [-0.05, 0) is 33.6 Å². The third-order valence-electron chi connectivity index (χ3n) is 2.42. The molecule has 1 unspecified atom stereocenters. The van der Waals surface area contributed by atoms with Crippen molar-refractivity contribution in [2.45, 2.75) is 12.7 Å². The molecule has 2 nitrogen and oxygen atoms in total. The normalized spacial score (nSPS) is 12.6. The number of hydrogen-bond acceptors (Lipinski definition) is 3. The van der Waals surface area contributed by atoms with E-state index in [1.807, 2.05) is 24.3 Å². The van der Waals surface area contributed by atoms with E-state index in [9.17, 15) is 0 Å². The van der Waals surface area contributed by atoms with Crippen LogP contribution in [0.2, 0.25) is 0 Å². The van der Waals surface area contributed by atoms with Crippen LogP contribution in [-0.4, -0.2) is 6.54 Å². The van der Waals surface area contributed by atoms with Crippen LogP contribution in [0.5, 0.6) is 0 Å². The fourth-order valence-corrected chi connectivity index (χ4v) is 3.02. The van der Waals surface area contributed by atoms with E-state index in [-0.39, 0.29) is 6.10 Å². The Kier molecular flexibility index (Phi) is 4.74. The zero-order valence-electron chi connectivity index (χ0n) is 9.30. The Morgan fingerprint density at radius 1 is 1.18 bits per heavy atom. The monoisotopic (exact) mass is 311 g/mol. The third kappa shape index (κ3) is 3.64. The minimum absolute atomic E-state index is 0.0218. The van der Waals surface area contributed by atoms with Gasteiger partial charge in [-0.3, -0.25) is 0 Å². The average molecular weight is 312 g/mol. The van der Waals surface area contributed by atoms with E-state index in [0.29, 0.717) is 13.2 Å². The van der Waals surface area contributed by atoms with Gasteiger partial charge >= 0.3 is 0 Å². The minimum Gasteiger partial charge on any atom is -0.367 e. The average Bonchev–Trinajstić information content (AvgIpc) is 2.78. The van der Waals surface area contributed by atoms with E-state index in [0.717, 1.165) is 8.66 Å². The van der Waals surface area contributed by atoms with Crippen molar-refractivity contribution in [1.82, 2.24) is 0 Å². The Balaban J connectivity index is 1.97. The van der Waals surface area contributed by atoms with E-state index in [4.69, 9.17) is 10.5 Å². The zero-order valence-corrected chi connectivity index (χ0v) is 11.7. The van der Waals surface area contributed by atoms with Crippen molar-refractivity contribution >= 4 is 27.3 Å². The van der Waals surface area contributed by atoms with Gasteiger partial charge in [0, 0.05) is 11.4 Å². The molecule has 0 amide bonds. The van der Waals surface area contributed by atoms with Gasteiger partial charge in [0.25, 0.3) is 0 Å². The quantitative estimate of drug-likeness (QED) is 0.913. The lowest BCUT2D eigenvalue weighted by atomic mass is 10.2. The van der Waals surface area contributed by atoms with Crippen LogP contribution in [0.1, 0.15) is 16.5 Å². The molecule has 2 rings (SSSR count). The van der Waals surface area contributed by atoms with Gasteiger partial charge < -0.3 is 10.5 Å². The van der Waals surface area contributed by atoms with Gasteiger partial charge in [0.05, 0.1) is 10.4 Å². The first-order valence-electron chi connectivity index (χ1n) is 5.40. The van der Waals surface area contributed by atoms with Crippen LogP contribution < -0.4 is 5.73 Å². The summed E-state index contributed by atoms with van der Waals surface area (Å²) in [6.45, 7) is 1.10. The molecule has 2 N–H and O–H groups in total. The molecule has 0 aliphatic rings. The van der Waals surface area contributed by atoms with Crippen LogP contribution in [0, 0.1) is 0 Å².